The number of pyridine rings is 4. The van der Waals surface area contributed by atoms with Gasteiger partial charge in [-0.25, -0.2) is 19.9 Å². The van der Waals surface area contributed by atoms with Crippen LogP contribution in [0.25, 0.3) is 100 Å². The Bertz CT molecular complexity index is 2900. The molecule has 0 atom stereocenters. The van der Waals surface area contributed by atoms with Crippen LogP contribution in [0.4, 0.5) is 0 Å². The molecule has 52 heavy (non-hydrogen) atoms. The van der Waals surface area contributed by atoms with Crippen molar-refractivity contribution in [3.8, 4) is 56.4 Å². The van der Waals surface area contributed by atoms with Crippen LogP contribution in [0.3, 0.4) is 0 Å². The van der Waals surface area contributed by atoms with E-state index in [4.69, 9.17) is 24.9 Å². The van der Waals surface area contributed by atoms with Gasteiger partial charge < -0.3 is 0 Å². The molecule has 0 fully saturated rings. The molecule has 0 bridgehead atoms. The fourth-order valence-corrected chi connectivity index (χ4v) is 6.93. The van der Waals surface area contributed by atoms with Crippen molar-refractivity contribution in [3.05, 3.63) is 170 Å². The van der Waals surface area contributed by atoms with E-state index in [1.807, 2.05) is 85.2 Å². The molecular formula is C46H28N6. The van der Waals surface area contributed by atoms with Crippen LogP contribution in [-0.2, 0) is 0 Å². The van der Waals surface area contributed by atoms with E-state index in [0.717, 1.165) is 94.2 Å². The standard InChI is InChI=1S/C46H28N6/c1-3-9-29(10-4-1)42-28-43(52-46(51-42)32-11-5-2-6-12-32)39-22-20-31-16-18-34(27-41(31)50-39)38-21-19-30-15-17-33(26-40(30)49-38)37-25-35-13-7-23-47-44(35)45-36(37)14-8-24-48-45/h1-28H. The molecule has 6 heteroatoms. The van der Waals surface area contributed by atoms with Crippen molar-refractivity contribution < 1.29 is 0 Å². The quantitative estimate of drug-likeness (QED) is 0.170. The second-order valence-electron chi connectivity index (χ2n) is 12.8. The second kappa shape index (κ2) is 12.3. The summed E-state index contributed by atoms with van der Waals surface area (Å²) in [6, 6.07) is 53.8. The minimum absolute atomic E-state index is 0.664. The zero-order valence-electron chi connectivity index (χ0n) is 27.8. The van der Waals surface area contributed by atoms with Crippen LogP contribution in [0.1, 0.15) is 0 Å². The van der Waals surface area contributed by atoms with E-state index < -0.39 is 0 Å². The third-order valence-electron chi connectivity index (χ3n) is 9.54. The summed E-state index contributed by atoms with van der Waals surface area (Å²) >= 11 is 0. The Hall–Kier alpha value is -7.18. The molecule has 0 N–H and O–H groups in total. The molecule has 10 aromatic rings. The molecule has 6 nitrogen and oxygen atoms in total. The smallest absolute Gasteiger partial charge is 0.160 e. The van der Waals surface area contributed by atoms with Gasteiger partial charge in [0.05, 0.1) is 44.8 Å². The van der Waals surface area contributed by atoms with E-state index in [-0.39, 0.29) is 0 Å². The number of rotatable bonds is 5. The first-order valence-electron chi connectivity index (χ1n) is 17.2. The molecular weight excluding hydrogens is 637 g/mol. The lowest BCUT2D eigenvalue weighted by Gasteiger charge is -2.11. The molecule has 5 heterocycles. The molecule has 0 unspecified atom stereocenters. The van der Waals surface area contributed by atoms with Gasteiger partial charge in [-0.2, -0.15) is 0 Å². The fraction of sp³-hybridized carbons (Fsp3) is 0. The van der Waals surface area contributed by atoms with Gasteiger partial charge in [-0.3, -0.25) is 9.97 Å². The van der Waals surface area contributed by atoms with E-state index in [1.165, 1.54) is 0 Å². The lowest BCUT2D eigenvalue weighted by molar-refractivity contribution is 1.17. The van der Waals surface area contributed by atoms with Gasteiger partial charge in [-0.15, -0.1) is 0 Å². The molecule has 5 aromatic carbocycles. The predicted molar refractivity (Wildman–Crippen MR) is 210 cm³/mol. The zero-order chi connectivity index (χ0) is 34.4. The summed E-state index contributed by atoms with van der Waals surface area (Å²) in [5.41, 5.74) is 12.0. The van der Waals surface area contributed by atoms with Gasteiger partial charge in [0.15, 0.2) is 5.82 Å². The maximum Gasteiger partial charge on any atom is 0.160 e. The first kappa shape index (κ1) is 29.7. The minimum Gasteiger partial charge on any atom is -0.254 e. The van der Waals surface area contributed by atoms with Crippen LogP contribution in [0.2, 0.25) is 0 Å². The Morgan fingerprint density at radius 1 is 0.327 bits per heavy atom. The summed E-state index contributed by atoms with van der Waals surface area (Å²) in [5.74, 6) is 0.664. The highest BCUT2D eigenvalue weighted by Crippen LogP contribution is 2.35. The molecule has 0 aliphatic carbocycles. The number of fused-ring (bicyclic) bond motifs is 5. The third-order valence-corrected chi connectivity index (χ3v) is 9.54. The lowest BCUT2D eigenvalue weighted by atomic mass is 9.96. The number of nitrogens with zero attached hydrogens (tertiary/aromatic N) is 6. The Labute approximate surface area is 299 Å². The van der Waals surface area contributed by atoms with Crippen molar-refractivity contribution >= 4 is 43.6 Å². The van der Waals surface area contributed by atoms with E-state index >= 15 is 0 Å². The Morgan fingerprint density at radius 3 is 1.73 bits per heavy atom. The highest BCUT2D eigenvalue weighted by Gasteiger charge is 2.14. The van der Waals surface area contributed by atoms with Crippen LogP contribution in [0.15, 0.2) is 170 Å². The molecule has 242 valence electrons. The van der Waals surface area contributed by atoms with Gasteiger partial charge in [0.1, 0.15) is 0 Å². The van der Waals surface area contributed by atoms with Gasteiger partial charge in [0.25, 0.3) is 0 Å². The van der Waals surface area contributed by atoms with Gasteiger partial charge in [-0.05, 0) is 59.7 Å². The molecule has 10 rings (SSSR count). The monoisotopic (exact) mass is 664 g/mol. The summed E-state index contributed by atoms with van der Waals surface area (Å²) in [6.07, 6.45) is 3.65. The highest BCUT2D eigenvalue weighted by molar-refractivity contribution is 6.10. The molecule has 0 spiro atoms. The first-order valence-corrected chi connectivity index (χ1v) is 17.2. The van der Waals surface area contributed by atoms with Crippen molar-refractivity contribution in [2.45, 2.75) is 0 Å². The van der Waals surface area contributed by atoms with Gasteiger partial charge >= 0.3 is 0 Å². The van der Waals surface area contributed by atoms with Crippen LogP contribution < -0.4 is 0 Å². The molecule has 0 aliphatic heterocycles. The van der Waals surface area contributed by atoms with Crippen molar-refractivity contribution in [2.75, 3.05) is 0 Å². The number of aromatic nitrogens is 6. The SMILES string of the molecule is c1ccc(-c2cc(-c3ccc4ccc(-c5ccc6ccc(-c7cc8cccnc8c8ncccc78)cc6n5)cc4n3)nc(-c3ccccc3)n2)cc1. The highest BCUT2D eigenvalue weighted by atomic mass is 14.9. The first-order chi connectivity index (χ1) is 25.7. The summed E-state index contributed by atoms with van der Waals surface area (Å²) < 4.78 is 0. The number of hydrogen-bond donors (Lipinski definition) is 0. The summed E-state index contributed by atoms with van der Waals surface area (Å²) in [7, 11) is 0. The molecule has 0 saturated heterocycles. The number of benzene rings is 5. The Balaban J connectivity index is 1.06. The zero-order valence-corrected chi connectivity index (χ0v) is 27.8. The molecule has 0 amide bonds. The van der Waals surface area contributed by atoms with Crippen LogP contribution in [0, 0.1) is 0 Å². The number of hydrogen-bond acceptors (Lipinski definition) is 6. The van der Waals surface area contributed by atoms with Crippen LogP contribution in [-0.4, -0.2) is 29.9 Å². The average Bonchev–Trinajstić information content (AvgIpc) is 3.23. The third kappa shape index (κ3) is 5.30. The second-order valence-corrected chi connectivity index (χ2v) is 12.8. The normalized spacial score (nSPS) is 11.5. The predicted octanol–water partition coefficient (Wildman–Crippen LogP) is 11.0. The maximum atomic E-state index is 5.18. The Morgan fingerprint density at radius 2 is 0.942 bits per heavy atom. The summed E-state index contributed by atoms with van der Waals surface area (Å²) in [4.78, 5) is 29.6. The molecule has 5 aromatic heterocycles. The van der Waals surface area contributed by atoms with E-state index in [9.17, 15) is 0 Å². The maximum absolute atomic E-state index is 5.18. The fourth-order valence-electron chi connectivity index (χ4n) is 6.93. The largest absolute Gasteiger partial charge is 0.254 e. The van der Waals surface area contributed by atoms with Crippen molar-refractivity contribution in [1.29, 1.82) is 0 Å². The van der Waals surface area contributed by atoms with Crippen LogP contribution in [0.5, 0.6) is 0 Å². The van der Waals surface area contributed by atoms with Crippen molar-refractivity contribution in [3.63, 3.8) is 0 Å². The van der Waals surface area contributed by atoms with Gasteiger partial charge in [0, 0.05) is 50.6 Å². The average molecular weight is 665 g/mol. The van der Waals surface area contributed by atoms with Gasteiger partial charge in [-0.1, -0.05) is 109 Å². The topological polar surface area (TPSA) is 77.3 Å². The molecule has 0 saturated carbocycles. The van der Waals surface area contributed by atoms with E-state index in [0.29, 0.717) is 5.82 Å². The minimum atomic E-state index is 0.664. The van der Waals surface area contributed by atoms with Crippen molar-refractivity contribution in [1.82, 2.24) is 29.9 Å². The van der Waals surface area contributed by atoms with E-state index in [1.54, 1.807) is 0 Å². The molecule has 0 radical (unpaired) electrons. The Kier molecular flexibility index (Phi) is 7.03. The van der Waals surface area contributed by atoms with Crippen LogP contribution >= 0.6 is 0 Å². The van der Waals surface area contributed by atoms with E-state index in [2.05, 4.69) is 89.9 Å². The summed E-state index contributed by atoms with van der Waals surface area (Å²) in [6.45, 7) is 0. The summed E-state index contributed by atoms with van der Waals surface area (Å²) in [5, 5.41) is 4.24. The van der Waals surface area contributed by atoms with Crippen molar-refractivity contribution in [2.24, 2.45) is 0 Å². The molecule has 0 aliphatic rings. The lowest BCUT2D eigenvalue weighted by Crippen LogP contribution is -1.97. The van der Waals surface area contributed by atoms with Gasteiger partial charge in [0.2, 0.25) is 0 Å².